The standard InChI is InChI=1S/C16H24FN/c1-11-8-9-13(10-12(11)2)16(18-3)14-6-4-5-7-15(14)17/h4-7,11-13,16,18H,8-10H2,1-3H3. The largest absolute Gasteiger partial charge is 0.313 e. The molecule has 0 aliphatic heterocycles. The third kappa shape index (κ3) is 2.74. The first-order valence-electron chi connectivity index (χ1n) is 7.05. The number of halogens is 1. The molecule has 4 unspecified atom stereocenters. The van der Waals surface area contributed by atoms with Gasteiger partial charge >= 0.3 is 0 Å². The van der Waals surface area contributed by atoms with Gasteiger partial charge < -0.3 is 5.32 Å². The number of rotatable bonds is 3. The van der Waals surface area contributed by atoms with Gasteiger partial charge in [0.25, 0.3) is 0 Å². The van der Waals surface area contributed by atoms with E-state index < -0.39 is 0 Å². The van der Waals surface area contributed by atoms with Crippen molar-refractivity contribution in [2.75, 3.05) is 7.05 Å². The lowest BCUT2D eigenvalue weighted by atomic mass is 9.72. The van der Waals surface area contributed by atoms with E-state index in [-0.39, 0.29) is 11.9 Å². The first kappa shape index (κ1) is 13.5. The molecule has 1 aromatic carbocycles. The average Bonchev–Trinajstić information content (AvgIpc) is 2.37. The van der Waals surface area contributed by atoms with Gasteiger partial charge in [-0.25, -0.2) is 4.39 Å². The van der Waals surface area contributed by atoms with Crippen LogP contribution in [0.5, 0.6) is 0 Å². The van der Waals surface area contributed by atoms with Crippen LogP contribution in [0, 0.1) is 23.6 Å². The Balaban J connectivity index is 2.17. The van der Waals surface area contributed by atoms with Gasteiger partial charge in [-0.15, -0.1) is 0 Å². The third-order valence-electron chi connectivity index (χ3n) is 4.66. The summed E-state index contributed by atoms with van der Waals surface area (Å²) >= 11 is 0. The van der Waals surface area contributed by atoms with E-state index in [9.17, 15) is 4.39 Å². The first-order valence-corrected chi connectivity index (χ1v) is 7.05. The van der Waals surface area contributed by atoms with Gasteiger partial charge in [0.05, 0.1) is 0 Å². The van der Waals surface area contributed by atoms with Crippen molar-refractivity contribution in [2.24, 2.45) is 17.8 Å². The maximum absolute atomic E-state index is 13.9. The lowest BCUT2D eigenvalue weighted by Crippen LogP contribution is -2.32. The zero-order valence-electron chi connectivity index (χ0n) is 11.6. The minimum absolute atomic E-state index is 0.0804. The van der Waals surface area contributed by atoms with Crippen LogP contribution in [0.4, 0.5) is 4.39 Å². The van der Waals surface area contributed by atoms with Gasteiger partial charge in [-0.05, 0) is 43.7 Å². The van der Waals surface area contributed by atoms with Crippen molar-refractivity contribution in [2.45, 2.75) is 39.2 Å². The Labute approximate surface area is 110 Å². The molecule has 1 aliphatic rings. The zero-order valence-corrected chi connectivity index (χ0v) is 11.6. The van der Waals surface area contributed by atoms with Crippen LogP contribution in [-0.2, 0) is 0 Å². The molecule has 0 aromatic heterocycles. The maximum atomic E-state index is 13.9. The molecule has 1 aliphatic carbocycles. The number of hydrogen-bond donors (Lipinski definition) is 1. The summed E-state index contributed by atoms with van der Waals surface area (Å²) in [7, 11) is 1.94. The van der Waals surface area contributed by atoms with Gasteiger partial charge in [0.2, 0.25) is 0 Å². The third-order valence-corrected chi connectivity index (χ3v) is 4.66. The molecule has 2 heteroatoms. The van der Waals surface area contributed by atoms with E-state index in [2.05, 4.69) is 19.2 Å². The first-order chi connectivity index (χ1) is 8.63. The molecular formula is C16H24FN. The van der Waals surface area contributed by atoms with Gasteiger partial charge in [-0.2, -0.15) is 0 Å². The van der Waals surface area contributed by atoms with Crippen LogP contribution >= 0.6 is 0 Å². The Hall–Kier alpha value is -0.890. The molecule has 0 radical (unpaired) electrons. The molecule has 18 heavy (non-hydrogen) atoms. The van der Waals surface area contributed by atoms with Crippen LogP contribution in [0.15, 0.2) is 24.3 Å². The molecule has 0 amide bonds. The van der Waals surface area contributed by atoms with E-state index in [1.165, 1.54) is 19.3 Å². The van der Waals surface area contributed by atoms with E-state index in [0.29, 0.717) is 5.92 Å². The Morgan fingerprint density at radius 2 is 1.89 bits per heavy atom. The Morgan fingerprint density at radius 3 is 2.50 bits per heavy atom. The minimum atomic E-state index is -0.0804. The van der Waals surface area contributed by atoms with Crippen LogP contribution in [0.1, 0.15) is 44.7 Å². The Bertz CT molecular complexity index is 390. The van der Waals surface area contributed by atoms with Crippen LogP contribution in [-0.4, -0.2) is 7.05 Å². The molecule has 1 aromatic rings. The lowest BCUT2D eigenvalue weighted by molar-refractivity contribution is 0.173. The predicted octanol–water partition coefficient (Wildman–Crippen LogP) is 4.16. The summed E-state index contributed by atoms with van der Waals surface area (Å²) in [5.41, 5.74) is 0.826. The summed E-state index contributed by atoms with van der Waals surface area (Å²) in [5.74, 6) is 2.02. The zero-order chi connectivity index (χ0) is 13.1. The molecule has 4 atom stereocenters. The number of hydrogen-bond acceptors (Lipinski definition) is 1. The molecule has 1 fully saturated rings. The maximum Gasteiger partial charge on any atom is 0.127 e. The second kappa shape index (κ2) is 5.83. The molecule has 1 saturated carbocycles. The van der Waals surface area contributed by atoms with Crippen molar-refractivity contribution in [1.82, 2.24) is 5.32 Å². The van der Waals surface area contributed by atoms with E-state index in [1.807, 2.05) is 19.2 Å². The normalized spacial score (nSPS) is 30.1. The summed E-state index contributed by atoms with van der Waals surface area (Å²) in [5, 5.41) is 3.32. The van der Waals surface area contributed by atoms with Gasteiger partial charge in [0, 0.05) is 11.6 Å². The van der Waals surface area contributed by atoms with E-state index in [1.54, 1.807) is 12.1 Å². The monoisotopic (exact) mass is 249 g/mol. The Kier molecular flexibility index (Phi) is 4.39. The summed E-state index contributed by atoms with van der Waals surface area (Å²) in [6.07, 6.45) is 3.66. The highest BCUT2D eigenvalue weighted by molar-refractivity contribution is 5.22. The topological polar surface area (TPSA) is 12.0 Å². The Morgan fingerprint density at radius 1 is 1.17 bits per heavy atom. The molecule has 0 saturated heterocycles. The molecular weight excluding hydrogens is 225 g/mol. The van der Waals surface area contributed by atoms with E-state index in [4.69, 9.17) is 0 Å². The summed E-state index contributed by atoms with van der Waals surface area (Å²) < 4.78 is 13.9. The molecule has 2 rings (SSSR count). The van der Waals surface area contributed by atoms with Crippen molar-refractivity contribution in [3.05, 3.63) is 35.6 Å². The van der Waals surface area contributed by atoms with Gasteiger partial charge in [0.15, 0.2) is 0 Å². The minimum Gasteiger partial charge on any atom is -0.313 e. The van der Waals surface area contributed by atoms with Crippen molar-refractivity contribution >= 4 is 0 Å². The summed E-state index contributed by atoms with van der Waals surface area (Å²) in [6.45, 7) is 4.66. The lowest BCUT2D eigenvalue weighted by Gasteiger charge is -2.37. The van der Waals surface area contributed by atoms with Crippen LogP contribution < -0.4 is 5.32 Å². The summed E-state index contributed by atoms with van der Waals surface area (Å²) in [4.78, 5) is 0. The highest BCUT2D eigenvalue weighted by atomic mass is 19.1. The van der Waals surface area contributed by atoms with Crippen molar-refractivity contribution in [3.8, 4) is 0 Å². The van der Waals surface area contributed by atoms with E-state index >= 15 is 0 Å². The van der Waals surface area contributed by atoms with Crippen molar-refractivity contribution in [3.63, 3.8) is 0 Å². The fourth-order valence-electron chi connectivity index (χ4n) is 3.26. The molecule has 1 nitrogen and oxygen atoms in total. The molecule has 100 valence electrons. The molecule has 0 spiro atoms. The van der Waals surface area contributed by atoms with Gasteiger partial charge in [-0.1, -0.05) is 38.5 Å². The van der Waals surface area contributed by atoms with Gasteiger partial charge in [0.1, 0.15) is 5.82 Å². The second-order valence-corrected chi connectivity index (χ2v) is 5.82. The smallest absolute Gasteiger partial charge is 0.127 e. The van der Waals surface area contributed by atoms with Crippen LogP contribution in [0.3, 0.4) is 0 Å². The van der Waals surface area contributed by atoms with Gasteiger partial charge in [-0.3, -0.25) is 0 Å². The molecule has 1 N–H and O–H groups in total. The van der Waals surface area contributed by atoms with E-state index in [0.717, 1.165) is 17.4 Å². The van der Waals surface area contributed by atoms with Crippen LogP contribution in [0.25, 0.3) is 0 Å². The molecule has 0 bridgehead atoms. The fraction of sp³-hybridized carbons (Fsp3) is 0.625. The highest BCUT2D eigenvalue weighted by Crippen LogP contribution is 2.40. The highest BCUT2D eigenvalue weighted by Gasteiger charge is 2.31. The quantitative estimate of drug-likeness (QED) is 0.848. The fourth-order valence-corrected chi connectivity index (χ4v) is 3.26. The van der Waals surface area contributed by atoms with Crippen LogP contribution in [0.2, 0.25) is 0 Å². The SMILES string of the molecule is CNC(c1ccccc1F)C1CCC(C)C(C)C1. The van der Waals surface area contributed by atoms with Crippen molar-refractivity contribution in [1.29, 1.82) is 0 Å². The average molecular weight is 249 g/mol. The summed E-state index contributed by atoms with van der Waals surface area (Å²) in [6, 6.07) is 7.32. The second-order valence-electron chi connectivity index (χ2n) is 5.82. The number of nitrogens with one attached hydrogen (secondary N) is 1. The van der Waals surface area contributed by atoms with Crippen molar-refractivity contribution < 1.29 is 4.39 Å². The number of benzene rings is 1. The molecule has 0 heterocycles. The predicted molar refractivity (Wildman–Crippen MR) is 73.9 cm³/mol.